The quantitative estimate of drug-likeness (QED) is 0.239. The number of hydrogen-bond acceptors (Lipinski definition) is 4. The van der Waals surface area contributed by atoms with Crippen LogP contribution in [-0.2, 0) is 16.1 Å². The van der Waals surface area contributed by atoms with E-state index in [9.17, 15) is 4.79 Å². The van der Waals surface area contributed by atoms with Gasteiger partial charge < -0.3 is 14.0 Å². The largest absolute Gasteiger partial charge is 0.381 e. The molecule has 0 bridgehead atoms. The number of nitrogens with zero attached hydrogens (tertiary/aromatic N) is 4. The molecule has 2 atom stereocenters. The number of methoxy groups -OCH3 is 1. The van der Waals surface area contributed by atoms with E-state index < -0.39 is 0 Å². The minimum absolute atomic E-state index is 0.0882. The van der Waals surface area contributed by atoms with Crippen molar-refractivity contribution in [2.24, 2.45) is 5.92 Å². The molecule has 3 heterocycles. The molecule has 2 aliphatic rings. The van der Waals surface area contributed by atoms with E-state index in [1.807, 2.05) is 36.4 Å². The average Bonchev–Trinajstić information content (AvgIpc) is 3.35. The van der Waals surface area contributed by atoms with Crippen LogP contribution in [0.5, 0.6) is 0 Å². The lowest BCUT2D eigenvalue weighted by Gasteiger charge is -2.38. The number of carbonyl (C=O) groups excluding carboxylic acids is 1. The van der Waals surface area contributed by atoms with Gasteiger partial charge in [0.1, 0.15) is 5.65 Å². The summed E-state index contributed by atoms with van der Waals surface area (Å²) in [6, 6.07) is 18.1. The van der Waals surface area contributed by atoms with E-state index >= 15 is 0 Å². The van der Waals surface area contributed by atoms with Crippen LogP contribution in [0.4, 0.5) is 0 Å². The Morgan fingerprint density at radius 1 is 0.951 bits per heavy atom. The van der Waals surface area contributed by atoms with Crippen molar-refractivity contribution in [3.63, 3.8) is 0 Å². The highest BCUT2D eigenvalue weighted by Gasteiger charge is 2.32. The zero-order chi connectivity index (χ0) is 28.5. The van der Waals surface area contributed by atoms with Crippen molar-refractivity contribution in [2.75, 3.05) is 33.3 Å². The predicted molar refractivity (Wildman–Crippen MR) is 165 cm³/mol. The number of aromatic nitrogens is 2. The maximum absolute atomic E-state index is 13.3. The van der Waals surface area contributed by atoms with Crippen LogP contribution in [0.25, 0.3) is 28.0 Å². The van der Waals surface area contributed by atoms with Gasteiger partial charge in [-0.3, -0.25) is 9.69 Å². The first-order valence-electron chi connectivity index (χ1n) is 14.5. The van der Waals surface area contributed by atoms with Gasteiger partial charge in [-0.25, -0.2) is 4.98 Å². The fourth-order valence-corrected chi connectivity index (χ4v) is 6.73. The van der Waals surface area contributed by atoms with E-state index in [0.29, 0.717) is 10.9 Å². The number of ether oxygens (including phenoxy) is 1. The number of carbonyl (C=O) groups is 1. The Balaban J connectivity index is 1.27. The lowest BCUT2D eigenvalue weighted by Crippen LogP contribution is -2.50. The molecular weight excluding hydrogens is 555 g/mol. The third-order valence-corrected chi connectivity index (χ3v) is 9.19. The summed E-state index contributed by atoms with van der Waals surface area (Å²) >= 11 is 12.5. The highest BCUT2D eigenvalue weighted by molar-refractivity contribution is 6.31. The van der Waals surface area contributed by atoms with Gasteiger partial charge in [0, 0.05) is 67.6 Å². The Hall–Kier alpha value is -2.90. The van der Waals surface area contributed by atoms with Crippen molar-refractivity contribution in [2.45, 2.75) is 45.3 Å². The number of amides is 1. The normalized spacial score (nSPS) is 20.0. The SMILES string of the molecule is COC1CCCC(C(=O)N2CCN(Cc3c(-c4ccc(Cl)cc4)nc4ccc(-c5ccc(Cl)cc5C)cn34)CC2)C1. The molecule has 4 aromatic rings. The van der Waals surface area contributed by atoms with Crippen molar-refractivity contribution in [3.8, 4) is 22.4 Å². The summed E-state index contributed by atoms with van der Waals surface area (Å²) < 4.78 is 7.79. The Bertz CT molecular complexity index is 1540. The number of rotatable bonds is 6. The van der Waals surface area contributed by atoms with E-state index in [1.165, 1.54) is 0 Å². The fourth-order valence-electron chi connectivity index (χ4n) is 6.37. The summed E-state index contributed by atoms with van der Waals surface area (Å²) in [7, 11) is 1.76. The van der Waals surface area contributed by atoms with Gasteiger partial charge in [0.25, 0.3) is 0 Å². The number of aryl methyl sites for hydroxylation is 1. The molecule has 1 amide bonds. The van der Waals surface area contributed by atoms with E-state index in [-0.39, 0.29) is 12.0 Å². The summed E-state index contributed by atoms with van der Waals surface area (Å²) in [6.45, 7) is 5.97. The molecule has 0 radical (unpaired) electrons. The highest BCUT2D eigenvalue weighted by atomic mass is 35.5. The third-order valence-electron chi connectivity index (χ3n) is 8.70. The number of imidazole rings is 1. The van der Waals surface area contributed by atoms with Crippen LogP contribution in [0.2, 0.25) is 10.0 Å². The lowest BCUT2D eigenvalue weighted by atomic mass is 9.86. The molecule has 214 valence electrons. The number of hydrogen-bond donors (Lipinski definition) is 0. The van der Waals surface area contributed by atoms with Gasteiger partial charge in [0.15, 0.2) is 0 Å². The minimum atomic E-state index is 0.0882. The molecule has 1 aliphatic heterocycles. The third kappa shape index (κ3) is 6.02. The Morgan fingerprint density at radius 2 is 1.68 bits per heavy atom. The molecule has 41 heavy (non-hydrogen) atoms. The first kappa shape index (κ1) is 28.2. The summed E-state index contributed by atoms with van der Waals surface area (Å²) in [5, 5.41) is 1.44. The fraction of sp³-hybridized carbons (Fsp3) is 0.394. The van der Waals surface area contributed by atoms with Gasteiger partial charge in [0.05, 0.1) is 17.5 Å². The van der Waals surface area contributed by atoms with Crippen LogP contribution in [-0.4, -0.2) is 64.5 Å². The van der Waals surface area contributed by atoms with E-state index in [0.717, 1.165) is 103 Å². The minimum Gasteiger partial charge on any atom is -0.381 e. The highest BCUT2D eigenvalue weighted by Crippen LogP contribution is 2.32. The zero-order valence-corrected chi connectivity index (χ0v) is 25.2. The van der Waals surface area contributed by atoms with Crippen LogP contribution in [0, 0.1) is 12.8 Å². The number of piperazine rings is 1. The van der Waals surface area contributed by atoms with Crippen LogP contribution >= 0.6 is 23.2 Å². The summed E-state index contributed by atoms with van der Waals surface area (Å²) in [5.74, 6) is 0.385. The van der Waals surface area contributed by atoms with Crippen LogP contribution < -0.4 is 0 Å². The molecule has 1 saturated heterocycles. The van der Waals surface area contributed by atoms with Gasteiger partial charge in [-0.15, -0.1) is 0 Å². The van der Waals surface area contributed by atoms with E-state index in [2.05, 4.69) is 45.5 Å². The average molecular weight is 592 g/mol. The second-order valence-corrected chi connectivity index (χ2v) is 12.2. The smallest absolute Gasteiger partial charge is 0.225 e. The second-order valence-electron chi connectivity index (χ2n) is 11.3. The maximum Gasteiger partial charge on any atom is 0.225 e. The zero-order valence-electron chi connectivity index (χ0n) is 23.7. The number of halogens is 2. The molecule has 6 rings (SSSR count). The maximum atomic E-state index is 13.3. The van der Waals surface area contributed by atoms with Gasteiger partial charge in [-0.2, -0.15) is 0 Å². The van der Waals surface area contributed by atoms with Crippen molar-refractivity contribution >= 4 is 34.8 Å². The first-order chi connectivity index (χ1) is 19.9. The molecule has 6 nitrogen and oxygen atoms in total. The first-order valence-corrected chi connectivity index (χ1v) is 15.2. The number of fused-ring (bicyclic) bond motifs is 1. The molecule has 2 fully saturated rings. The Kier molecular flexibility index (Phi) is 8.36. The van der Waals surface area contributed by atoms with Crippen molar-refractivity contribution in [1.82, 2.24) is 19.2 Å². The molecule has 8 heteroatoms. The summed E-state index contributed by atoms with van der Waals surface area (Å²) in [6.07, 6.45) is 6.33. The summed E-state index contributed by atoms with van der Waals surface area (Å²) in [4.78, 5) is 22.9. The molecule has 1 saturated carbocycles. The second kappa shape index (κ2) is 12.1. The molecule has 0 spiro atoms. The van der Waals surface area contributed by atoms with E-state index in [4.69, 9.17) is 32.9 Å². The molecular formula is C33H36Cl2N4O2. The van der Waals surface area contributed by atoms with Crippen molar-refractivity contribution in [1.29, 1.82) is 0 Å². The van der Waals surface area contributed by atoms with Crippen LogP contribution in [0.1, 0.15) is 36.9 Å². The Morgan fingerprint density at radius 3 is 2.41 bits per heavy atom. The predicted octanol–water partition coefficient (Wildman–Crippen LogP) is 7.13. The number of benzene rings is 2. The van der Waals surface area contributed by atoms with Gasteiger partial charge >= 0.3 is 0 Å². The number of pyridine rings is 1. The molecule has 2 aromatic heterocycles. The van der Waals surface area contributed by atoms with Crippen LogP contribution in [0.15, 0.2) is 60.8 Å². The van der Waals surface area contributed by atoms with Gasteiger partial charge in [-0.05, 0) is 79.3 Å². The topological polar surface area (TPSA) is 50.1 Å². The van der Waals surface area contributed by atoms with Crippen molar-refractivity contribution < 1.29 is 9.53 Å². The summed E-state index contributed by atoms with van der Waals surface area (Å²) in [5.41, 5.74) is 7.42. The van der Waals surface area contributed by atoms with E-state index in [1.54, 1.807) is 7.11 Å². The molecule has 1 aliphatic carbocycles. The van der Waals surface area contributed by atoms with Gasteiger partial charge in [0.2, 0.25) is 5.91 Å². The van der Waals surface area contributed by atoms with Crippen LogP contribution in [0.3, 0.4) is 0 Å². The molecule has 2 unspecified atom stereocenters. The Labute approximate surface area is 251 Å². The van der Waals surface area contributed by atoms with Gasteiger partial charge in [-0.1, -0.05) is 47.8 Å². The molecule has 2 aromatic carbocycles. The lowest BCUT2D eigenvalue weighted by molar-refractivity contribution is -0.140. The standard InChI is InChI=1S/C33H36Cl2N4O2/c1-22-18-27(35)11-12-29(22)25-8-13-31-36-32(23-6-9-26(34)10-7-23)30(39(31)20-25)21-37-14-16-38(17-15-37)33(40)24-4-3-5-28(19-24)41-2/h6-13,18,20,24,28H,3-5,14-17,19,21H2,1-2H3. The monoisotopic (exact) mass is 590 g/mol. The molecule has 0 N–H and O–H groups in total. The van der Waals surface area contributed by atoms with Crippen molar-refractivity contribution in [3.05, 3.63) is 82.1 Å².